The number of carbonyl (C=O) groups excluding carboxylic acids is 2. The molecule has 186 valence electrons. The van der Waals surface area contributed by atoms with Crippen LogP contribution in [0.2, 0.25) is 0 Å². The van der Waals surface area contributed by atoms with Crippen molar-refractivity contribution in [3.8, 4) is 6.07 Å². The molecule has 1 aliphatic heterocycles. The molecule has 0 fully saturated rings. The number of nitrogens with one attached hydrogen (secondary N) is 3. The molecule has 0 saturated carbocycles. The summed E-state index contributed by atoms with van der Waals surface area (Å²) in [5.74, 6) is -2.15. The number of amides is 2. The normalized spacial score (nSPS) is 15.0. The topological polar surface area (TPSA) is 94.0 Å². The fourth-order valence-corrected chi connectivity index (χ4v) is 5.02. The molecule has 0 aromatic heterocycles. The van der Waals surface area contributed by atoms with Crippen LogP contribution in [0.15, 0.2) is 101 Å². The van der Waals surface area contributed by atoms with E-state index in [1.165, 1.54) is 6.07 Å². The van der Waals surface area contributed by atoms with Gasteiger partial charge in [-0.2, -0.15) is 5.26 Å². The van der Waals surface area contributed by atoms with Crippen molar-refractivity contribution in [3.05, 3.63) is 118 Å². The summed E-state index contributed by atoms with van der Waals surface area (Å²) in [6, 6.07) is 24.6. The van der Waals surface area contributed by atoms with Crippen LogP contribution in [-0.2, 0) is 9.59 Å². The molecule has 8 heteroatoms. The lowest BCUT2D eigenvalue weighted by Crippen LogP contribution is -2.31. The molecule has 0 bridgehead atoms. The van der Waals surface area contributed by atoms with Crippen LogP contribution in [0.3, 0.4) is 0 Å². The highest BCUT2D eigenvalue weighted by atomic mass is 32.2. The molecule has 6 nitrogen and oxygen atoms in total. The van der Waals surface area contributed by atoms with Crippen LogP contribution in [0, 0.1) is 24.1 Å². The zero-order valence-corrected chi connectivity index (χ0v) is 21.2. The third kappa shape index (κ3) is 6.08. The molecule has 2 amide bonds. The van der Waals surface area contributed by atoms with Gasteiger partial charge in [-0.15, -0.1) is 0 Å². The van der Waals surface area contributed by atoms with E-state index in [1.54, 1.807) is 55.5 Å². The third-order valence-electron chi connectivity index (χ3n) is 5.79. The number of allylic oxidation sites excluding steroid dienone is 2. The predicted octanol–water partition coefficient (Wildman–Crippen LogP) is 5.84. The van der Waals surface area contributed by atoms with Gasteiger partial charge >= 0.3 is 0 Å². The van der Waals surface area contributed by atoms with Crippen LogP contribution in [0.4, 0.5) is 15.8 Å². The quantitative estimate of drug-likeness (QED) is 0.370. The number of nitrogens with zero attached hydrogens (tertiary/aromatic N) is 1. The number of thioether (sulfide) groups is 1. The van der Waals surface area contributed by atoms with Gasteiger partial charge in [-0.3, -0.25) is 9.59 Å². The zero-order valence-electron chi connectivity index (χ0n) is 20.3. The summed E-state index contributed by atoms with van der Waals surface area (Å²) in [4.78, 5) is 26.0. The Kier molecular flexibility index (Phi) is 8.06. The van der Waals surface area contributed by atoms with Gasteiger partial charge in [0.15, 0.2) is 0 Å². The second-order valence-corrected chi connectivity index (χ2v) is 9.48. The van der Waals surface area contributed by atoms with Crippen LogP contribution in [-0.4, -0.2) is 17.6 Å². The minimum absolute atomic E-state index is 0.0181. The first-order valence-corrected chi connectivity index (χ1v) is 12.6. The molecule has 0 saturated heterocycles. The average molecular weight is 513 g/mol. The maximum atomic E-state index is 15.0. The maximum absolute atomic E-state index is 15.0. The van der Waals surface area contributed by atoms with E-state index in [0.29, 0.717) is 22.1 Å². The second kappa shape index (κ2) is 11.6. The van der Waals surface area contributed by atoms with Crippen molar-refractivity contribution in [2.45, 2.75) is 19.8 Å². The summed E-state index contributed by atoms with van der Waals surface area (Å²) in [6.07, 6.45) is 0. The first-order valence-electron chi connectivity index (χ1n) is 11.6. The van der Waals surface area contributed by atoms with E-state index in [9.17, 15) is 14.9 Å². The van der Waals surface area contributed by atoms with Crippen LogP contribution in [0.5, 0.6) is 0 Å². The molecule has 3 aromatic rings. The van der Waals surface area contributed by atoms with Gasteiger partial charge in [0.05, 0.1) is 28.3 Å². The van der Waals surface area contributed by atoms with E-state index >= 15 is 4.39 Å². The van der Waals surface area contributed by atoms with E-state index in [1.807, 2.05) is 31.2 Å². The molecule has 1 aliphatic rings. The number of halogens is 1. The number of carbonyl (C=O) groups is 2. The third-order valence-corrected chi connectivity index (χ3v) is 6.81. The summed E-state index contributed by atoms with van der Waals surface area (Å²) < 4.78 is 15.0. The fourth-order valence-electron chi connectivity index (χ4n) is 4.13. The molecule has 1 atom stereocenters. The minimum atomic E-state index is -0.946. The summed E-state index contributed by atoms with van der Waals surface area (Å²) in [6.45, 7) is 3.64. The van der Waals surface area contributed by atoms with E-state index in [2.05, 4.69) is 22.0 Å². The zero-order chi connectivity index (χ0) is 26.4. The number of hydrogen-bond acceptors (Lipinski definition) is 5. The standard InChI is InChI=1S/C29H25FN4O2S/c1-18-9-8-12-21(15-18)33-25(35)17-37-29-23(16-31)27(22-13-6-7-14-24(22)30)26(19(2)32-29)28(36)34-20-10-4-3-5-11-20/h3-15,27,32H,17H2,1-2H3,(H,33,35)(H,34,36). The Morgan fingerprint density at radius 1 is 0.973 bits per heavy atom. The monoisotopic (exact) mass is 512 g/mol. The Bertz CT molecular complexity index is 1440. The van der Waals surface area contributed by atoms with Crippen LogP contribution < -0.4 is 16.0 Å². The molecule has 1 heterocycles. The van der Waals surface area contributed by atoms with Crippen molar-refractivity contribution in [1.82, 2.24) is 5.32 Å². The van der Waals surface area contributed by atoms with Crippen molar-refractivity contribution in [2.75, 3.05) is 16.4 Å². The van der Waals surface area contributed by atoms with E-state index in [0.717, 1.165) is 17.3 Å². The summed E-state index contributed by atoms with van der Waals surface area (Å²) in [5.41, 5.74) is 3.36. The maximum Gasteiger partial charge on any atom is 0.254 e. The number of benzene rings is 3. The number of dihydropyridines is 1. The fraction of sp³-hybridized carbons (Fsp3) is 0.138. The van der Waals surface area contributed by atoms with Gasteiger partial charge in [0, 0.05) is 28.2 Å². The lowest BCUT2D eigenvalue weighted by Gasteiger charge is -2.30. The van der Waals surface area contributed by atoms with Crippen LogP contribution >= 0.6 is 11.8 Å². The van der Waals surface area contributed by atoms with Crippen LogP contribution in [0.25, 0.3) is 0 Å². The highest BCUT2D eigenvalue weighted by molar-refractivity contribution is 8.03. The number of hydrogen-bond donors (Lipinski definition) is 3. The molecular formula is C29H25FN4O2S. The van der Waals surface area contributed by atoms with Crippen molar-refractivity contribution in [3.63, 3.8) is 0 Å². The molecule has 4 rings (SSSR count). The molecular weight excluding hydrogens is 487 g/mol. The Balaban J connectivity index is 1.64. The SMILES string of the molecule is CC1=C(C(=O)Nc2ccccc2)C(c2ccccc2F)C(C#N)=C(SCC(=O)Nc2cccc(C)c2)N1. The van der Waals surface area contributed by atoms with Gasteiger partial charge in [0.25, 0.3) is 5.91 Å². The Labute approximate surface area is 219 Å². The Morgan fingerprint density at radius 3 is 2.38 bits per heavy atom. The van der Waals surface area contributed by atoms with E-state index in [-0.39, 0.29) is 28.4 Å². The Morgan fingerprint density at radius 2 is 1.68 bits per heavy atom. The van der Waals surface area contributed by atoms with Crippen LogP contribution in [0.1, 0.15) is 24.0 Å². The molecule has 1 unspecified atom stereocenters. The summed E-state index contributed by atoms with van der Waals surface area (Å²) in [7, 11) is 0. The van der Waals surface area contributed by atoms with Crippen molar-refractivity contribution in [2.24, 2.45) is 0 Å². The first kappa shape index (κ1) is 25.7. The van der Waals surface area contributed by atoms with Gasteiger partial charge in [0.1, 0.15) is 5.82 Å². The minimum Gasteiger partial charge on any atom is -0.353 e. The molecule has 0 aliphatic carbocycles. The Hall–Kier alpha value is -4.35. The predicted molar refractivity (Wildman–Crippen MR) is 145 cm³/mol. The summed E-state index contributed by atoms with van der Waals surface area (Å²) >= 11 is 1.13. The number of para-hydroxylation sites is 1. The number of rotatable bonds is 7. The van der Waals surface area contributed by atoms with Gasteiger partial charge in [-0.1, -0.05) is 60.3 Å². The average Bonchev–Trinajstić information content (AvgIpc) is 2.88. The second-order valence-electron chi connectivity index (χ2n) is 8.50. The lowest BCUT2D eigenvalue weighted by atomic mass is 9.82. The summed E-state index contributed by atoms with van der Waals surface area (Å²) in [5, 5.41) is 19.4. The molecule has 0 spiro atoms. The lowest BCUT2D eigenvalue weighted by molar-refractivity contribution is -0.114. The van der Waals surface area contributed by atoms with Gasteiger partial charge in [0.2, 0.25) is 5.91 Å². The van der Waals surface area contributed by atoms with Crippen molar-refractivity contribution < 1.29 is 14.0 Å². The highest BCUT2D eigenvalue weighted by Crippen LogP contribution is 2.41. The van der Waals surface area contributed by atoms with Gasteiger partial charge < -0.3 is 16.0 Å². The van der Waals surface area contributed by atoms with Crippen molar-refractivity contribution >= 4 is 35.0 Å². The van der Waals surface area contributed by atoms with E-state index < -0.39 is 17.6 Å². The van der Waals surface area contributed by atoms with Gasteiger partial charge in [-0.25, -0.2) is 4.39 Å². The largest absolute Gasteiger partial charge is 0.353 e. The molecule has 3 aromatic carbocycles. The van der Waals surface area contributed by atoms with Gasteiger partial charge in [-0.05, 0) is 49.7 Å². The highest BCUT2D eigenvalue weighted by Gasteiger charge is 2.36. The number of aryl methyl sites for hydroxylation is 1. The number of nitriles is 1. The molecule has 3 N–H and O–H groups in total. The number of anilines is 2. The first-order chi connectivity index (χ1) is 17.9. The smallest absolute Gasteiger partial charge is 0.254 e. The molecule has 37 heavy (non-hydrogen) atoms. The molecule has 0 radical (unpaired) electrons. The van der Waals surface area contributed by atoms with E-state index in [4.69, 9.17) is 0 Å². The van der Waals surface area contributed by atoms with Crippen molar-refractivity contribution in [1.29, 1.82) is 5.26 Å².